The lowest BCUT2D eigenvalue weighted by molar-refractivity contribution is 0.0674. The van der Waals surface area contributed by atoms with E-state index in [-0.39, 0.29) is 0 Å². The minimum Gasteiger partial charge on any atom is -0.304 e. The topological polar surface area (TPSA) is 6.48 Å². The van der Waals surface area contributed by atoms with Crippen LogP contribution >= 0.6 is 12.6 Å². The van der Waals surface area contributed by atoms with E-state index in [2.05, 4.69) is 57.2 Å². The summed E-state index contributed by atoms with van der Waals surface area (Å²) < 4.78 is 0. The van der Waals surface area contributed by atoms with Crippen LogP contribution in [0, 0.1) is 11.3 Å². The zero-order valence-corrected chi connectivity index (χ0v) is 12.4. The molecule has 0 aromatic heterocycles. The van der Waals surface area contributed by atoms with Crippen LogP contribution < -0.4 is 0 Å². The van der Waals surface area contributed by atoms with Gasteiger partial charge in [0.2, 0.25) is 0 Å². The van der Waals surface area contributed by atoms with Gasteiger partial charge in [0, 0.05) is 32.2 Å². The molecule has 0 amide bonds. The number of rotatable bonds is 3. The van der Waals surface area contributed by atoms with Crippen LogP contribution in [0.15, 0.2) is 0 Å². The van der Waals surface area contributed by atoms with Crippen LogP contribution in [0.25, 0.3) is 0 Å². The van der Waals surface area contributed by atoms with E-state index in [4.69, 9.17) is 0 Å². The van der Waals surface area contributed by atoms with Crippen molar-refractivity contribution in [3.05, 3.63) is 0 Å². The fourth-order valence-electron chi connectivity index (χ4n) is 2.34. The molecule has 2 nitrogen and oxygen atoms in total. The molecule has 0 spiro atoms. The molecule has 3 heteroatoms. The molecule has 0 saturated carbocycles. The molecule has 0 aromatic carbocycles. The molecule has 1 heterocycles. The summed E-state index contributed by atoms with van der Waals surface area (Å²) >= 11 is 4.52. The lowest BCUT2D eigenvalue weighted by Gasteiger charge is -2.42. The third kappa shape index (κ3) is 3.94. The molecule has 0 aromatic rings. The van der Waals surface area contributed by atoms with Crippen molar-refractivity contribution in [1.29, 1.82) is 0 Å². The molecule has 1 aliphatic heterocycles. The van der Waals surface area contributed by atoms with Gasteiger partial charge in [0.25, 0.3) is 0 Å². The summed E-state index contributed by atoms with van der Waals surface area (Å²) in [4.78, 5) is 5.06. The third-order valence-corrected chi connectivity index (χ3v) is 4.31. The van der Waals surface area contributed by atoms with Gasteiger partial charge in [-0.15, -0.1) is 0 Å². The van der Waals surface area contributed by atoms with Crippen molar-refractivity contribution < 1.29 is 0 Å². The van der Waals surface area contributed by atoms with Crippen molar-refractivity contribution in [3.63, 3.8) is 0 Å². The maximum atomic E-state index is 4.52. The zero-order valence-electron chi connectivity index (χ0n) is 11.5. The Morgan fingerprint density at radius 1 is 1.31 bits per heavy atom. The van der Waals surface area contributed by atoms with Crippen LogP contribution in [0.3, 0.4) is 0 Å². The van der Waals surface area contributed by atoms with E-state index in [0.717, 1.165) is 5.75 Å². The first-order valence-electron chi connectivity index (χ1n) is 6.38. The van der Waals surface area contributed by atoms with E-state index < -0.39 is 0 Å². The second-order valence-corrected chi connectivity index (χ2v) is 6.72. The normalized spacial score (nSPS) is 27.0. The lowest BCUT2D eigenvalue weighted by atomic mass is 9.81. The zero-order chi connectivity index (χ0) is 12.3. The van der Waals surface area contributed by atoms with Gasteiger partial charge in [-0.2, -0.15) is 12.6 Å². The van der Waals surface area contributed by atoms with E-state index in [1.165, 1.54) is 26.2 Å². The van der Waals surface area contributed by atoms with Gasteiger partial charge in [-0.1, -0.05) is 20.8 Å². The maximum absolute atomic E-state index is 4.52. The van der Waals surface area contributed by atoms with Gasteiger partial charge in [-0.25, -0.2) is 0 Å². The molecule has 1 rings (SSSR count). The summed E-state index contributed by atoms with van der Waals surface area (Å²) in [6, 6.07) is 0.684. The quantitative estimate of drug-likeness (QED) is 0.761. The highest BCUT2D eigenvalue weighted by Gasteiger charge is 2.29. The Bertz CT molecular complexity index is 212. The summed E-state index contributed by atoms with van der Waals surface area (Å²) in [6.45, 7) is 14.1. The molecule has 1 saturated heterocycles. The predicted molar refractivity (Wildman–Crippen MR) is 75.3 cm³/mol. The molecular weight excluding hydrogens is 216 g/mol. The Hall–Kier alpha value is 0.270. The molecule has 2 unspecified atom stereocenters. The van der Waals surface area contributed by atoms with Gasteiger partial charge in [-0.3, -0.25) is 4.90 Å². The average Bonchev–Trinajstić information content (AvgIpc) is 2.14. The van der Waals surface area contributed by atoms with Gasteiger partial charge in [0.15, 0.2) is 0 Å². The average molecular weight is 244 g/mol. The van der Waals surface area contributed by atoms with Crippen LogP contribution in [0.2, 0.25) is 0 Å². The van der Waals surface area contributed by atoms with Crippen LogP contribution in [-0.2, 0) is 0 Å². The first-order chi connectivity index (χ1) is 7.34. The summed E-state index contributed by atoms with van der Waals surface area (Å²) in [5.74, 6) is 1.67. The molecule has 2 atom stereocenters. The predicted octanol–water partition coefficient (Wildman–Crippen LogP) is 2.21. The van der Waals surface area contributed by atoms with Crippen molar-refractivity contribution in [2.45, 2.75) is 33.7 Å². The molecule has 0 radical (unpaired) electrons. The van der Waals surface area contributed by atoms with E-state index in [1.807, 2.05) is 0 Å². The Morgan fingerprint density at radius 2 is 1.94 bits per heavy atom. The molecule has 0 bridgehead atoms. The maximum Gasteiger partial charge on any atom is 0.0195 e. The van der Waals surface area contributed by atoms with E-state index >= 15 is 0 Å². The van der Waals surface area contributed by atoms with Crippen molar-refractivity contribution in [3.8, 4) is 0 Å². The fraction of sp³-hybridized carbons (Fsp3) is 1.00. The standard InChI is InChI=1S/C13H28N2S/c1-11-8-14(5)6-7-15(11)9-12(10-16)13(2,3)4/h11-12,16H,6-10H2,1-5H3. The Balaban J connectivity index is 2.52. The highest BCUT2D eigenvalue weighted by molar-refractivity contribution is 7.80. The third-order valence-electron chi connectivity index (χ3n) is 3.87. The number of piperazine rings is 1. The van der Waals surface area contributed by atoms with E-state index in [1.54, 1.807) is 0 Å². The first-order valence-corrected chi connectivity index (χ1v) is 7.01. The number of likely N-dealkylation sites (N-methyl/N-ethyl adjacent to an activating group) is 1. The second kappa shape index (κ2) is 5.74. The first kappa shape index (κ1) is 14.3. The fourth-order valence-corrected chi connectivity index (χ4v) is 3.00. The molecule has 96 valence electrons. The Kier molecular flexibility index (Phi) is 5.14. The molecule has 1 aliphatic rings. The van der Waals surface area contributed by atoms with Crippen molar-refractivity contribution in [2.75, 3.05) is 39.0 Å². The summed E-state index contributed by atoms with van der Waals surface area (Å²) in [6.07, 6.45) is 0. The molecule has 0 aliphatic carbocycles. The van der Waals surface area contributed by atoms with Gasteiger partial charge in [0.1, 0.15) is 0 Å². The van der Waals surface area contributed by atoms with Crippen molar-refractivity contribution >= 4 is 12.6 Å². The summed E-state index contributed by atoms with van der Waals surface area (Å²) in [7, 11) is 2.22. The SMILES string of the molecule is CC1CN(C)CCN1CC(CS)C(C)(C)C. The number of hydrogen-bond donors (Lipinski definition) is 1. The van der Waals surface area contributed by atoms with E-state index in [9.17, 15) is 0 Å². The minimum atomic E-state index is 0.366. The van der Waals surface area contributed by atoms with Gasteiger partial charge in [0.05, 0.1) is 0 Å². The Morgan fingerprint density at radius 3 is 2.38 bits per heavy atom. The minimum absolute atomic E-state index is 0.366. The van der Waals surface area contributed by atoms with Crippen LogP contribution in [-0.4, -0.2) is 54.8 Å². The number of hydrogen-bond acceptors (Lipinski definition) is 3. The second-order valence-electron chi connectivity index (χ2n) is 6.35. The molecule has 1 fully saturated rings. The highest BCUT2D eigenvalue weighted by atomic mass is 32.1. The van der Waals surface area contributed by atoms with Crippen molar-refractivity contribution in [1.82, 2.24) is 9.80 Å². The van der Waals surface area contributed by atoms with Gasteiger partial charge < -0.3 is 4.90 Å². The number of nitrogens with zero attached hydrogens (tertiary/aromatic N) is 2. The van der Waals surface area contributed by atoms with Gasteiger partial charge >= 0.3 is 0 Å². The van der Waals surface area contributed by atoms with Crippen LogP contribution in [0.4, 0.5) is 0 Å². The van der Waals surface area contributed by atoms with Gasteiger partial charge in [-0.05, 0) is 31.1 Å². The molecule has 16 heavy (non-hydrogen) atoms. The highest BCUT2D eigenvalue weighted by Crippen LogP contribution is 2.28. The smallest absolute Gasteiger partial charge is 0.0195 e. The monoisotopic (exact) mass is 244 g/mol. The lowest BCUT2D eigenvalue weighted by Crippen LogP contribution is -2.52. The largest absolute Gasteiger partial charge is 0.304 e. The Labute approximate surface area is 107 Å². The van der Waals surface area contributed by atoms with Crippen LogP contribution in [0.1, 0.15) is 27.7 Å². The molecular formula is C13H28N2S. The summed E-state index contributed by atoms with van der Waals surface area (Å²) in [5, 5.41) is 0. The van der Waals surface area contributed by atoms with Crippen LogP contribution in [0.5, 0.6) is 0 Å². The number of thiol groups is 1. The summed E-state index contributed by atoms with van der Waals surface area (Å²) in [5.41, 5.74) is 0.366. The molecule has 0 N–H and O–H groups in total. The van der Waals surface area contributed by atoms with E-state index in [0.29, 0.717) is 17.4 Å². The van der Waals surface area contributed by atoms with Crippen molar-refractivity contribution in [2.24, 2.45) is 11.3 Å².